The smallest absolute Gasteiger partial charge is 0.0209 e. The minimum absolute atomic E-state index is 1.09. The van der Waals surface area contributed by atoms with Gasteiger partial charge in [0.05, 0.1) is 0 Å². The summed E-state index contributed by atoms with van der Waals surface area (Å²) in [5.41, 5.74) is 3.90. The van der Waals surface area contributed by atoms with Gasteiger partial charge in [-0.15, -0.1) is 0 Å². The summed E-state index contributed by atoms with van der Waals surface area (Å²) in [6, 6.07) is 18.2. The van der Waals surface area contributed by atoms with Crippen molar-refractivity contribution in [1.29, 1.82) is 0 Å². The van der Waals surface area contributed by atoms with Crippen molar-refractivity contribution >= 4 is 22.6 Å². The van der Waals surface area contributed by atoms with Crippen LogP contribution in [0.5, 0.6) is 0 Å². The van der Waals surface area contributed by atoms with Crippen molar-refractivity contribution in [3.8, 4) is 11.1 Å². The number of benzene rings is 2. The topological polar surface area (TPSA) is 0 Å². The Bertz CT molecular complexity index is 443. The molecule has 0 aliphatic rings. The molecular weight excluding hydrogens is 295 g/mol. The van der Waals surface area contributed by atoms with E-state index in [1.807, 2.05) is 0 Å². The molecule has 75 valence electrons. The van der Waals surface area contributed by atoms with Gasteiger partial charge in [-0.1, -0.05) is 37.3 Å². The molecule has 0 spiro atoms. The van der Waals surface area contributed by atoms with Crippen molar-refractivity contribution in [1.82, 2.24) is 0 Å². The van der Waals surface area contributed by atoms with Gasteiger partial charge in [-0.3, -0.25) is 0 Å². The molecule has 2 aromatic rings. The molecule has 15 heavy (non-hydrogen) atoms. The molecule has 2 aromatic carbocycles. The van der Waals surface area contributed by atoms with Crippen LogP contribution in [0.4, 0.5) is 0 Å². The van der Waals surface area contributed by atoms with Crippen molar-refractivity contribution in [3.05, 3.63) is 57.7 Å². The molecule has 0 N–H and O–H groups in total. The summed E-state index contributed by atoms with van der Waals surface area (Å²) in [6.45, 7) is 2.18. The molecule has 0 aromatic heterocycles. The van der Waals surface area contributed by atoms with Crippen molar-refractivity contribution in [2.24, 2.45) is 0 Å². The van der Waals surface area contributed by atoms with Gasteiger partial charge < -0.3 is 0 Å². The average molecular weight is 307 g/mol. The first-order chi connectivity index (χ1) is 7.29. The van der Waals surface area contributed by atoms with E-state index in [4.69, 9.17) is 0 Å². The third-order valence-corrected chi connectivity index (χ3v) is 3.11. The normalized spacial score (nSPS) is 10.3. The van der Waals surface area contributed by atoms with Crippen molar-refractivity contribution in [2.45, 2.75) is 13.3 Å². The first kappa shape index (κ1) is 10.7. The molecule has 0 aliphatic carbocycles. The van der Waals surface area contributed by atoms with Crippen LogP contribution in [-0.4, -0.2) is 0 Å². The molecule has 0 atom stereocenters. The minimum atomic E-state index is 1.09. The first-order valence-corrected chi connectivity index (χ1v) is 6.14. The van der Waals surface area contributed by atoms with Gasteiger partial charge in [0.1, 0.15) is 0 Å². The third-order valence-electron chi connectivity index (χ3n) is 2.44. The molecule has 0 amide bonds. The zero-order valence-electron chi connectivity index (χ0n) is 8.63. The summed E-state index contributed by atoms with van der Waals surface area (Å²) in [7, 11) is 0. The Morgan fingerprint density at radius 3 is 2.67 bits per heavy atom. The maximum Gasteiger partial charge on any atom is 0.0209 e. The van der Waals surface area contributed by atoms with Crippen LogP contribution >= 0.6 is 22.6 Å². The zero-order valence-corrected chi connectivity index (χ0v) is 10.8. The standard InChI is InChI=1S/C14H12I/c1-2-11-4-3-5-13(10-11)12-6-8-14(15)9-7-12/h3-8,10H,2H2,1H3. The van der Waals surface area contributed by atoms with E-state index in [1.54, 1.807) is 0 Å². The monoisotopic (exact) mass is 307 g/mol. The van der Waals surface area contributed by atoms with Gasteiger partial charge in [0, 0.05) is 3.57 Å². The molecule has 0 aliphatic heterocycles. The summed E-state index contributed by atoms with van der Waals surface area (Å²) in [5, 5.41) is 0. The van der Waals surface area contributed by atoms with E-state index < -0.39 is 0 Å². The van der Waals surface area contributed by atoms with E-state index in [-0.39, 0.29) is 0 Å². The van der Waals surface area contributed by atoms with E-state index in [0.29, 0.717) is 0 Å². The zero-order chi connectivity index (χ0) is 10.7. The Labute approximate surface area is 104 Å². The van der Waals surface area contributed by atoms with Crippen molar-refractivity contribution < 1.29 is 0 Å². The number of hydrogen-bond donors (Lipinski definition) is 0. The highest BCUT2D eigenvalue weighted by atomic mass is 127. The lowest BCUT2D eigenvalue weighted by molar-refractivity contribution is 1.14. The lowest BCUT2D eigenvalue weighted by atomic mass is 10.0. The van der Waals surface area contributed by atoms with Crippen LogP contribution in [0, 0.1) is 9.64 Å². The Balaban J connectivity index is 2.40. The fourth-order valence-electron chi connectivity index (χ4n) is 1.56. The maximum atomic E-state index is 3.22. The fraction of sp³-hybridized carbons (Fsp3) is 0.143. The van der Waals surface area contributed by atoms with E-state index in [0.717, 1.165) is 9.99 Å². The Morgan fingerprint density at radius 1 is 1.13 bits per heavy atom. The molecular formula is C14H12I. The van der Waals surface area contributed by atoms with Crippen LogP contribution in [0.3, 0.4) is 0 Å². The summed E-state index contributed by atoms with van der Waals surface area (Å²) in [5.74, 6) is 0. The molecule has 0 saturated carbocycles. The summed E-state index contributed by atoms with van der Waals surface area (Å²) < 4.78 is 1.16. The lowest BCUT2D eigenvalue weighted by Gasteiger charge is -2.03. The Kier molecular flexibility index (Phi) is 3.41. The number of rotatable bonds is 2. The van der Waals surface area contributed by atoms with E-state index >= 15 is 0 Å². The molecule has 0 bridgehead atoms. The minimum Gasteiger partial charge on any atom is -0.0614 e. The second kappa shape index (κ2) is 4.79. The number of aryl methyl sites for hydroxylation is 1. The lowest BCUT2D eigenvalue weighted by Crippen LogP contribution is -1.82. The highest BCUT2D eigenvalue weighted by Crippen LogP contribution is 2.21. The summed E-state index contributed by atoms with van der Waals surface area (Å²) in [4.78, 5) is 0. The van der Waals surface area contributed by atoms with E-state index in [1.165, 1.54) is 16.7 Å². The Hall–Kier alpha value is -0.830. The van der Waals surface area contributed by atoms with Crippen LogP contribution < -0.4 is 0 Å². The molecule has 0 unspecified atom stereocenters. The largest absolute Gasteiger partial charge is 0.0614 e. The van der Waals surface area contributed by atoms with Crippen LogP contribution in [0.25, 0.3) is 11.1 Å². The van der Waals surface area contributed by atoms with Crippen LogP contribution in [0.1, 0.15) is 12.5 Å². The van der Waals surface area contributed by atoms with Gasteiger partial charge in [0.2, 0.25) is 0 Å². The van der Waals surface area contributed by atoms with Gasteiger partial charge >= 0.3 is 0 Å². The van der Waals surface area contributed by atoms with Crippen molar-refractivity contribution in [3.63, 3.8) is 0 Å². The van der Waals surface area contributed by atoms with Crippen LogP contribution in [-0.2, 0) is 6.42 Å². The molecule has 0 nitrogen and oxygen atoms in total. The summed E-state index contributed by atoms with van der Waals surface area (Å²) >= 11 is 2.27. The van der Waals surface area contributed by atoms with Gasteiger partial charge in [0.15, 0.2) is 0 Å². The molecule has 2 rings (SSSR count). The maximum absolute atomic E-state index is 3.22. The summed E-state index contributed by atoms with van der Waals surface area (Å²) in [6.07, 6.45) is 1.09. The third kappa shape index (κ3) is 2.59. The molecule has 0 heterocycles. The first-order valence-electron chi connectivity index (χ1n) is 5.06. The van der Waals surface area contributed by atoms with Crippen LogP contribution in [0.15, 0.2) is 42.5 Å². The average Bonchev–Trinajstić information content (AvgIpc) is 2.30. The second-order valence-corrected chi connectivity index (χ2v) is 4.64. The predicted molar refractivity (Wildman–Crippen MR) is 72.8 cm³/mol. The quantitative estimate of drug-likeness (QED) is 0.725. The highest BCUT2D eigenvalue weighted by Gasteiger charge is 1.98. The molecule has 0 fully saturated rings. The van der Waals surface area contributed by atoms with Gasteiger partial charge in [-0.2, -0.15) is 0 Å². The highest BCUT2D eigenvalue weighted by molar-refractivity contribution is 14.1. The van der Waals surface area contributed by atoms with Gasteiger partial charge in [-0.25, -0.2) is 0 Å². The second-order valence-electron chi connectivity index (χ2n) is 3.48. The number of hydrogen-bond acceptors (Lipinski definition) is 0. The number of halogens is 1. The molecule has 1 radical (unpaired) electrons. The SMILES string of the molecule is CCc1cccc(-c2c[c]c(I)cc2)c1. The van der Waals surface area contributed by atoms with Gasteiger partial charge in [0.25, 0.3) is 0 Å². The van der Waals surface area contributed by atoms with Crippen molar-refractivity contribution in [2.75, 3.05) is 0 Å². The molecule has 0 saturated heterocycles. The van der Waals surface area contributed by atoms with E-state index in [2.05, 4.69) is 78.0 Å². The fourth-order valence-corrected chi connectivity index (χ4v) is 1.89. The predicted octanol–water partition coefficient (Wildman–Crippen LogP) is 4.32. The van der Waals surface area contributed by atoms with Gasteiger partial charge in [-0.05, 0) is 63.9 Å². The van der Waals surface area contributed by atoms with E-state index in [9.17, 15) is 0 Å². The molecule has 1 heteroatoms. The Morgan fingerprint density at radius 2 is 2.00 bits per heavy atom. The van der Waals surface area contributed by atoms with Crippen LogP contribution in [0.2, 0.25) is 0 Å².